The molecule has 0 unspecified atom stereocenters. The fraction of sp³-hybridized carbons (Fsp3) is 0.174. The Morgan fingerprint density at radius 1 is 0.889 bits per heavy atom. The number of fused-ring (bicyclic) bond motifs is 1. The van der Waals surface area contributed by atoms with Crippen molar-refractivity contribution in [1.82, 2.24) is 0 Å². The van der Waals surface area contributed by atoms with Crippen molar-refractivity contribution in [2.45, 2.75) is 13.0 Å². The number of anilines is 1. The fourth-order valence-corrected chi connectivity index (χ4v) is 3.39. The average molecular weight is 359 g/mol. The first-order chi connectivity index (χ1) is 13.2. The molecule has 136 valence electrons. The molecule has 4 nitrogen and oxygen atoms in total. The van der Waals surface area contributed by atoms with Crippen LogP contribution in [0.4, 0.5) is 5.69 Å². The van der Waals surface area contributed by atoms with Gasteiger partial charge in [-0.3, -0.25) is 4.79 Å². The lowest BCUT2D eigenvalue weighted by atomic mass is 10.0. The Kier molecular flexibility index (Phi) is 4.90. The molecule has 3 aromatic carbocycles. The highest BCUT2D eigenvalue weighted by Crippen LogP contribution is 2.32. The summed E-state index contributed by atoms with van der Waals surface area (Å²) in [4.78, 5) is 14.5. The fourth-order valence-electron chi connectivity index (χ4n) is 3.39. The summed E-state index contributed by atoms with van der Waals surface area (Å²) in [6, 6.07) is 23.3. The van der Waals surface area contributed by atoms with Crippen LogP contribution in [0.5, 0.6) is 5.75 Å². The molecule has 1 N–H and O–H groups in total. The first-order valence-electron chi connectivity index (χ1n) is 9.05. The molecule has 0 fully saturated rings. The number of carbonyl (C=O) groups excluding carboxylic acids is 1. The highest BCUT2D eigenvalue weighted by Gasteiger charge is 2.23. The predicted octanol–water partition coefficient (Wildman–Crippen LogP) is 4.17. The zero-order chi connectivity index (χ0) is 18.6. The summed E-state index contributed by atoms with van der Waals surface area (Å²) in [6.07, 6.45) is 0.780. The van der Waals surface area contributed by atoms with Crippen LogP contribution in [0.3, 0.4) is 0 Å². The molecule has 4 rings (SSSR count). The molecule has 3 aromatic rings. The summed E-state index contributed by atoms with van der Waals surface area (Å²) in [7, 11) is 0. The van der Waals surface area contributed by atoms with Gasteiger partial charge in [-0.1, -0.05) is 54.6 Å². The third-order valence-corrected chi connectivity index (χ3v) is 4.81. The Hall–Kier alpha value is -3.11. The standard InChI is InChI=1S/C23H21NO3/c25-21-8-4-7-18(13-21)19-9-10-20-15-27-16-23(26)24(22(20)14-19)12-11-17-5-2-1-3-6-17/h1-10,13-14,25H,11-12,15-16H2. The first kappa shape index (κ1) is 17.3. The first-order valence-corrected chi connectivity index (χ1v) is 9.05. The van der Waals surface area contributed by atoms with Crippen molar-refractivity contribution < 1.29 is 14.6 Å². The zero-order valence-corrected chi connectivity index (χ0v) is 15.0. The van der Waals surface area contributed by atoms with Crippen LogP contribution in [0.1, 0.15) is 11.1 Å². The summed E-state index contributed by atoms with van der Waals surface area (Å²) in [5, 5.41) is 9.78. The van der Waals surface area contributed by atoms with Crippen molar-refractivity contribution >= 4 is 11.6 Å². The Labute approximate surface area is 158 Å². The van der Waals surface area contributed by atoms with E-state index in [1.54, 1.807) is 12.1 Å². The van der Waals surface area contributed by atoms with E-state index in [1.165, 1.54) is 5.56 Å². The molecule has 0 bridgehead atoms. The third kappa shape index (κ3) is 3.86. The van der Waals surface area contributed by atoms with E-state index >= 15 is 0 Å². The lowest BCUT2D eigenvalue weighted by molar-refractivity contribution is -0.123. The molecular weight excluding hydrogens is 338 g/mol. The number of rotatable bonds is 4. The van der Waals surface area contributed by atoms with E-state index in [9.17, 15) is 9.90 Å². The molecule has 4 heteroatoms. The van der Waals surface area contributed by atoms with Crippen molar-refractivity contribution in [2.24, 2.45) is 0 Å². The molecule has 0 saturated carbocycles. The van der Waals surface area contributed by atoms with Crippen LogP contribution >= 0.6 is 0 Å². The van der Waals surface area contributed by atoms with Crippen molar-refractivity contribution in [3.05, 3.63) is 83.9 Å². The number of phenols is 1. The van der Waals surface area contributed by atoms with Gasteiger partial charge in [0, 0.05) is 17.8 Å². The van der Waals surface area contributed by atoms with Crippen LogP contribution in [0.15, 0.2) is 72.8 Å². The molecule has 1 amide bonds. The van der Waals surface area contributed by atoms with E-state index in [0.29, 0.717) is 13.2 Å². The topological polar surface area (TPSA) is 49.8 Å². The molecule has 0 atom stereocenters. The van der Waals surface area contributed by atoms with E-state index in [1.807, 2.05) is 53.4 Å². The Morgan fingerprint density at radius 3 is 2.52 bits per heavy atom. The summed E-state index contributed by atoms with van der Waals surface area (Å²) in [5.74, 6) is 0.195. The van der Waals surface area contributed by atoms with Crippen LogP contribution in [0, 0.1) is 0 Å². The van der Waals surface area contributed by atoms with Gasteiger partial charge in [-0.25, -0.2) is 0 Å². The molecule has 1 aliphatic rings. The van der Waals surface area contributed by atoms with Gasteiger partial charge < -0.3 is 14.7 Å². The van der Waals surface area contributed by atoms with E-state index in [-0.39, 0.29) is 18.3 Å². The van der Waals surface area contributed by atoms with Crippen molar-refractivity contribution in [3.8, 4) is 16.9 Å². The van der Waals surface area contributed by atoms with Crippen LogP contribution in [-0.4, -0.2) is 24.2 Å². The molecule has 0 aromatic heterocycles. The second kappa shape index (κ2) is 7.64. The largest absolute Gasteiger partial charge is 0.508 e. The number of amides is 1. The number of hydrogen-bond acceptors (Lipinski definition) is 3. The van der Waals surface area contributed by atoms with Crippen molar-refractivity contribution in [3.63, 3.8) is 0 Å². The van der Waals surface area contributed by atoms with Gasteiger partial charge in [0.2, 0.25) is 0 Å². The number of hydrogen-bond donors (Lipinski definition) is 1. The number of carbonyl (C=O) groups is 1. The maximum atomic E-state index is 12.7. The van der Waals surface area contributed by atoms with Crippen LogP contribution < -0.4 is 4.90 Å². The minimum absolute atomic E-state index is 0.0299. The number of ether oxygens (including phenoxy) is 1. The lowest BCUT2D eigenvalue weighted by Gasteiger charge is -2.23. The zero-order valence-electron chi connectivity index (χ0n) is 15.0. The molecule has 0 radical (unpaired) electrons. The van der Waals surface area contributed by atoms with E-state index in [4.69, 9.17) is 4.74 Å². The van der Waals surface area contributed by atoms with E-state index in [0.717, 1.165) is 28.8 Å². The van der Waals surface area contributed by atoms with Gasteiger partial charge in [-0.05, 0) is 41.3 Å². The average Bonchev–Trinajstić information content (AvgIpc) is 2.85. The summed E-state index contributed by atoms with van der Waals surface area (Å²) in [5.41, 5.74) is 4.95. The van der Waals surface area contributed by atoms with Crippen LogP contribution in [0.2, 0.25) is 0 Å². The summed E-state index contributed by atoms with van der Waals surface area (Å²) < 4.78 is 5.55. The monoisotopic (exact) mass is 359 g/mol. The van der Waals surface area contributed by atoms with Crippen molar-refractivity contribution in [2.75, 3.05) is 18.1 Å². The number of phenolic OH excluding ortho intramolecular Hbond substituents is 1. The highest BCUT2D eigenvalue weighted by atomic mass is 16.5. The Bertz CT molecular complexity index is 953. The van der Waals surface area contributed by atoms with Gasteiger partial charge in [0.25, 0.3) is 5.91 Å². The Morgan fingerprint density at radius 2 is 1.70 bits per heavy atom. The van der Waals surface area contributed by atoms with E-state index < -0.39 is 0 Å². The number of benzene rings is 3. The second-order valence-corrected chi connectivity index (χ2v) is 6.67. The predicted molar refractivity (Wildman–Crippen MR) is 106 cm³/mol. The minimum Gasteiger partial charge on any atom is -0.508 e. The quantitative estimate of drug-likeness (QED) is 0.761. The number of nitrogens with zero attached hydrogens (tertiary/aromatic N) is 1. The summed E-state index contributed by atoms with van der Waals surface area (Å²) >= 11 is 0. The highest BCUT2D eigenvalue weighted by molar-refractivity contribution is 5.96. The maximum absolute atomic E-state index is 12.7. The van der Waals surface area contributed by atoms with Gasteiger partial charge in [0.05, 0.1) is 6.61 Å². The third-order valence-electron chi connectivity index (χ3n) is 4.81. The van der Waals surface area contributed by atoms with Crippen molar-refractivity contribution in [1.29, 1.82) is 0 Å². The Balaban J connectivity index is 1.68. The van der Waals surface area contributed by atoms with Gasteiger partial charge >= 0.3 is 0 Å². The molecule has 27 heavy (non-hydrogen) atoms. The van der Waals surface area contributed by atoms with Gasteiger partial charge in [0.15, 0.2) is 0 Å². The second-order valence-electron chi connectivity index (χ2n) is 6.67. The molecule has 1 heterocycles. The number of aromatic hydroxyl groups is 1. The minimum atomic E-state index is -0.0299. The van der Waals surface area contributed by atoms with Crippen LogP contribution in [0.25, 0.3) is 11.1 Å². The molecule has 0 spiro atoms. The summed E-state index contributed by atoms with van der Waals surface area (Å²) in [6.45, 7) is 1.11. The van der Waals surface area contributed by atoms with Gasteiger partial charge in [0.1, 0.15) is 12.4 Å². The molecule has 0 saturated heterocycles. The van der Waals surface area contributed by atoms with Crippen LogP contribution in [-0.2, 0) is 22.6 Å². The molecular formula is C23H21NO3. The van der Waals surface area contributed by atoms with Gasteiger partial charge in [-0.2, -0.15) is 0 Å². The van der Waals surface area contributed by atoms with Gasteiger partial charge in [-0.15, -0.1) is 0 Å². The maximum Gasteiger partial charge on any atom is 0.253 e. The molecule has 0 aliphatic carbocycles. The smallest absolute Gasteiger partial charge is 0.253 e. The van der Waals surface area contributed by atoms with E-state index in [2.05, 4.69) is 12.1 Å². The normalized spacial score (nSPS) is 13.9. The molecule has 1 aliphatic heterocycles. The lowest BCUT2D eigenvalue weighted by Crippen LogP contribution is -2.34. The SMILES string of the molecule is O=C1COCc2ccc(-c3cccc(O)c3)cc2N1CCc1ccccc1.